The number of likely N-dealkylation sites (tertiary alicyclic amines) is 1. The summed E-state index contributed by atoms with van der Waals surface area (Å²) in [7, 11) is 0. The second-order valence-electron chi connectivity index (χ2n) is 9.05. The Morgan fingerprint density at radius 2 is 1.67 bits per heavy atom. The predicted octanol–water partition coefficient (Wildman–Crippen LogP) is 6.09. The number of Topliss-reactive ketones (excluding diaryl/α,β-unsaturated/α-hetero) is 1. The molecule has 1 aliphatic rings. The maximum atomic E-state index is 13.3. The Morgan fingerprint density at radius 3 is 2.36 bits per heavy atom. The third-order valence-corrected chi connectivity index (χ3v) is 6.60. The first kappa shape index (κ1) is 25.2. The summed E-state index contributed by atoms with van der Waals surface area (Å²) >= 11 is 0. The van der Waals surface area contributed by atoms with E-state index in [-0.39, 0.29) is 11.3 Å². The van der Waals surface area contributed by atoms with Crippen molar-refractivity contribution in [2.24, 2.45) is 0 Å². The summed E-state index contributed by atoms with van der Waals surface area (Å²) in [5.74, 6) is -0.814. The van der Waals surface area contributed by atoms with E-state index in [0.717, 1.165) is 36.0 Å². The number of aliphatic hydroxyl groups excluding tert-OH is 1. The number of amides is 1. The van der Waals surface area contributed by atoms with E-state index in [4.69, 9.17) is 4.74 Å². The average Bonchev–Trinajstić information content (AvgIpc) is 3.17. The standard InChI is InChI=1S/C31H33NO4/c1-3-5-20-36-26-13-9-12-25(21-26)29(33)27-28(24-16-14-22(4-2)15-17-24)32(31(35)30(27)34)19-18-23-10-7-6-8-11-23/h6-17,21,28,33H,3-5,18-20H2,1-2H3/b29-27+. The van der Waals surface area contributed by atoms with Crippen LogP contribution in [0.15, 0.2) is 84.4 Å². The first-order valence-corrected chi connectivity index (χ1v) is 12.7. The molecule has 36 heavy (non-hydrogen) atoms. The first-order chi connectivity index (χ1) is 17.5. The smallest absolute Gasteiger partial charge is 0.295 e. The van der Waals surface area contributed by atoms with Gasteiger partial charge in [0.2, 0.25) is 0 Å². The van der Waals surface area contributed by atoms with Crippen molar-refractivity contribution in [3.05, 3.63) is 107 Å². The summed E-state index contributed by atoms with van der Waals surface area (Å²) in [5.41, 5.74) is 3.62. The maximum absolute atomic E-state index is 13.3. The Balaban J connectivity index is 1.73. The number of hydrogen-bond acceptors (Lipinski definition) is 4. The van der Waals surface area contributed by atoms with Gasteiger partial charge in [-0.3, -0.25) is 9.59 Å². The molecule has 4 rings (SSSR count). The Morgan fingerprint density at radius 1 is 0.917 bits per heavy atom. The van der Waals surface area contributed by atoms with Gasteiger partial charge in [-0.2, -0.15) is 0 Å². The molecule has 1 atom stereocenters. The zero-order valence-electron chi connectivity index (χ0n) is 20.9. The summed E-state index contributed by atoms with van der Waals surface area (Å²) in [4.78, 5) is 28.1. The number of aliphatic hydroxyl groups is 1. The van der Waals surface area contributed by atoms with Gasteiger partial charge in [0, 0.05) is 12.1 Å². The molecule has 1 heterocycles. The minimum absolute atomic E-state index is 0.114. The monoisotopic (exact) mass is 483 g/mol. The minimum Gasteiger partial charge on any atom is -0.507 e. The SMILES string of the molecule is CCCCOc1cccc(/C(O)=C2\C(=O)C(=O)N(CCc3ccccc3)C2c2ccc(CC)cc2)c1. The molecule has 1 saturated heterocycles. The largest absolute Gasteiger partial charge is 0.507 e. The molecule has 0 radical (unpaired) electrons. The van der Waals surface area contributed by atoms with E-state index in [0.29, 0.717) is 30.9 Å². The molecule has 1 aliphatic heterocycles. The molecule has 0 saturated carbocycles. The minimum atomic E-state index is -0.664. The molecule has 5 nitrogen and oxygen atoms in total. The molecular weight excluding hydrogens is 450 g/mol. The van der Waals surface area contributed by atoms with Crippen LogP contribution in [0.3, 0.4) is 0 Å². The average molecular weight is 484 g/mol. The van der Waals surface area contributed by atoms with Gasteiger partial charge in [0.1, 0.15) is 11.5 Å². The first-order valence-electron chi connectivity index (χ1n) is 12.7. The third kappa shape index (κ3) is 5.51. The van der Waals surface area contributed by atoms with Gasteiger partial charge in [0.25, 0.3) is 11.7 Å². The van der Waals surface area contributed by atoms with E-state index in [1.807, 2.05) is 60.7 Å². The van der Waals surface area contributed by atoms with Crippen LogP contribution in [-0.2, 0) is 22.4 Å². The van der Waals surface area contributed by atoms with Crippen molar-refractivity contribution in [1.82, 2.24) is 4.90 Å². The van der Waals surface area contributed by atoms with Gasteiger partial charge in [-0.1, -0.05) is 87.0 Å². The lowest BCUT2D eigenvalue weighted by molar-refractivity contribution is -0.139. The van der Waals surface area contributed by atoms with Crippen LogP contribution in [0.2, 0.25) is 0 Å². The van der Waals surface area contributed by atoms with E-state index in [1.165, 1.54) is 0 Å². The quantitative estimate of drug-likeness (QED) is 0.164. The molecule has 1 fully saturated rings. The summed E-state index contributed by atoms with van der Waals surface area (Å²) in [5, 5.41) is 11.4. The van der Waals surface area contributed by atoms with Crippen LogP contribution in [0.1, 0.15) is 55.0 Å². The van der Waals surface area contributed by atoms with Gasteiger partial charge >= 0.3 is 0 Å². The molecule has 3 aromatic rings. The molecule has 1 N–H and O–H groups in total. The zero-order valence-corrected chi connectivity index (χ0v) is 20.9. The fourth-order valence-electron chi connectivity index (χ4n) is 4.51. The number of carbonyl (C=O) groups excluding carboxylic acids is 2. The molecule has 1 unspecified atom stereocenters. The molecule has 0 aliphatic carbocycles. The number of rotatable bonds is 10. The lowest BCUT2D eigenvalue weighted by Gasteiger charge is -2.25. The van der Waals surface area contributed by atoms with Crippen LogP contribution in [-0.4, -0.2) is 34.8 Å². The van der Waals surface area contributed by atoms with Crippen LogP contribution in [0, 0.1) is 0 Å². The number of nitrogens with zero attached hydrogens (tertiary/aromatic N) is 1. The van der Waals surface area contributed by atoms with E-state index in [2.05, 4.69) is 13.8 Å². The highest BCUT2D eigenvalue weighted by Crippen LogP contribution is 2.40. The molecular formula is C31H33NO4. The number of ether oxygens (including phenoxy) is 1. The van der Waals surface area contributed by atoms with Crippen molar-refractivity contribution < 1.29 is 19.4 Å². The van der Waals surface area contributed by atoms with Crippen molar-refractivity contribution >= 4 is 17.4 Å². The fourth-order valence-corrected chi connectivity index (χ4v) is 4.51. The van der Waals surface area contributed by atoms with Gasteiger partial charge in [0.05, 0.1) is 18.2 Å². The van der Waals surface area contributed by atoms with Crippen LogP contribution >= 0.6 is 0 Å². The number of unbranched alkanes of at least 4 members (excludes halogenated alkanes) is 1. The zero-order chi connectivity index (χ0) is 25.5. The number of aryl methyl sites for hydroxylation is 1. The van der Waals surface area contributed by atoms with Gasteiger partial charge in [0.15, 0.2) is 0 Å². The maximum Gasteiger partial charge on any atom is 0.295 e. The number of benzene rings is 3. The second-order valence-corrected chi connectivity index (χ2v) is 9.05. The summed E-state index contributed by atoms with van der Waals surface area (Å²) < 4.78 is 5.80. The van der Waals surface area contributed by atoms with E-state index in [9.17, 15) is 14.7 Å². The van der Waals surface area contributed by atoms with Crippen molar-refractivity contribution in [3.63, 3.8) is 0 Å². The van der Waals surface area contributed by atoms with E-state index < -0.39 is 17.7 Å². The predicted molar refractivity (Wildman–Crippen MR) is 142 cm³/mol. The van der Waals surface area contributed by atoms with E-state index in [1.54, 1.807) is 23.1 Å². The van der Waals surface area contributed by atoms with E-state index >= 15 is 0 Å². The van der Waals surface area contributed by atoms with Crippen molar-refractivity contribution in [2.75, 3.05) is 13.2 Å². The Labute approximate surface area is 213 Å². The van der Waals surface area contributed by atoms with Gasteiger partial charge in [-0.05, 0) is 48.1 Å². The van der Waals surface area contributed by atoms with Crippen LogP contribution in [0.4, 0.5) is 0 Å². The van der Waals surface area contributed by atoms with Crippen LogP contribution < -0.4 is 4.74 Å². The summed E-state index contributed by atoms with van der Waals surface area (Å²) in [6.45, 7) is 5.12. The lowest BCUT2D eigenvalue weighted by Crippen LogP contribution is -2.31. The highest BCUT2D eigenvalue weighted by atomic mass is 16.5. The van der Waals surface area contributed by atoms with Crippen molar-refractivity contribution in [2.45, 2.75) is 45.6 Å². The topological polar surface area (TPSA) is 66.8 Å². The van der Waals surface area contributed by atoms with Crippen LogP contribution in [0.25, 0.3) is 5.76 Å². The molecule has 5 heteroatoms. The van der Waals surface area contributed by atoms with Gasteiger partial charge in [-0.25, -0.2) is 0 Å². The van der Waals surface area contributed by atoms with Crippen LogP contribution in [0.5, 0.6) is 5.75 Å². The Kier molecular flexibility index (Phi) is 8.21. The Hall–Kier alpha value is -3.86. The molecule has 0 aromatic heterocycles. The summed E-state index contributed by atoms with van der Waals surface area (Å²) in [6, 6.07) is 24.2. The second kappa shape index (κ2) is 11.7. The molecule has 1 amide bonds. The Bertz CT molecular complexity index is 1230. The molecule has 186 valence electrons. The molecule has 0 bridgehead atoms. The highest BCUT2D eigenvalue weighted by molar-refractivity contribution is 6.46. The fraction of sp³-hybridized carbons (Fsp3) is 0.290. The van der Waals surface area contributed by atoms with Gasteiger partial charge in [-0.15, -0.1) is 0 Å². The highest BCUT2D eigenvalue weighted by Gasteiger charge is 2.45. The van der Waals surface area contributed by atoms with Gasteiger partial charge < -0.3 is 14.7 Å². The number of ketones is 1. The number of hydrogen-bond donors (Lipinski definition) is 1. The summed E-state index contributed by atoms with van der Waals surface area (Å²) in [6.07, 6.45) is 3.44. The third-order valence-electron chi connectivity index (χ3n) is 6.60. The molecule has 0 spiro atoms. The lowest BCUT2D eigenvalue weighted by atomic mass is 9.94. The molecule has 3 aromatic carbocycles. The normalized spacial score (nSPS) is 16.9. The van der Waals surface area contributed by atoms with Crippen molar-refractivity contribution in [3.8, 4) is 5.75 Å². The van der Waals surface area contributed by atoms with Crippen molar-refractivity contribution in [1.29, 1.82) is 0 Å². The number of carbonyl (C=O) groups is 2.